The highest BCUT2D eigenvalue weighted by atomic mass is 35.5. The van der Waals surface area contributed by atoms with Crippen molar-refractivity contribution in [2.45, 2.75) is 51.1 Å². The first kappa shape index (κ1) is 18.7. The first-order valence-electron chi connectivity index (χ1n) is 8.49. The quantitative estimate of drug-likeness (QED) is 0.762. The number of carbonyl (C=O) groups excluding carboxylic acids is 2. The molecule has 0 heterocycles. The van der Waals surface area contributed by atoms with Crippen LogP contribution in [0, 0.1) is 11.8 Å². The lowest BCUT2D eigenvalue weighted by Crippen LogP contribution is -2.32. The monoisotopic (exact) mass is 351 g/mol. The molecule has 2 amide bonds. The van der Waals surface area contributed by atoms with E-state index in [4.69, 9.17) is 5.73 Å². The largest absolute Gasteiger partial charge is 0.349 e. The number of rotatable bonds is 5. The molecular weight excluding hydrogens is 326 g/mol. The Morgan fingerprint density at radius 2 is 1.67 bits per heavy atom. The molecule has 24 heavy (non-hydrogen) atoms. The minimum absolute atomic E-state index is 0. The van der Waals surface area contributed by atoms with Gasteiger partial charge in [-0.15, -0.1) is 12.4 Å². The van der Waals surface area contributed by atoms with Crippen LogP contribution in [-0.2, 0) is 9.59 Å². The van der Waals surface area contributed by atoms with E-state index in [1.54, 1.807) is 0 Å². The van der Waals surface area contributed by atoms with Gasteiger partial charge in [-0.05, 0) is 56.7 Å². The van der Waals surface area contributed by atoms with E-state index in [1.165, 1.54) is 0 Å². The topological polar surface area (TPSA) is 84.2 Å². The second-order valence-corrected chi connectivity index (χ2v) is 6.89. The Labute approximate surface area is 149 Å². The number of halogens is 1. The fourth-order valence-corrected chi connectivity index (χ4v) is 3.11. The van der Waals surface area contributed by atoms with Gasteiger partial charge in [-0.1, -0.05) is 12.1 Å². The van der Waals surface area contributed by atoms with Crippen molar-refractivity contribution in [2.75, 3.05) is 5.32 Å². The third-order valence-electron chi connectivity index (χ3n) is 4.83. The highest BCUT2D eigenvalue weighted by molar-refractivity contribution is 5.94. The molecule has 5 nitrogen and oxygen atoms in total. The van der Waals surface area contributed by atoms with E-state index < -0.39 is 0 Å². The van der Waals surface area contributed by atoms with E-state index in [0.717, 1.165) is 43.4 Å². The van der Waals surface area contributed by atoms with Gasteiger partial charge in [-0.2, -0.15) is 0 Å². The Balaban J connectivity index is 0.00000208. The van der Waals surface area contributed by atoms with Crippen LogP contribution >= 0.6 is 12.4 Å². The van der Waals surface area contributed by atoms with Gasteiger partial charge in [0.25, 0.3) is 0 Å². The number of hydrogen-bond donors (Lipinski definition) is 3. The summed E-state index contributed by atoms with van der Waals surface area (Å²) < 4.78 is 0. The normalized spacial score (nSPS) is 23.9. The summed E-state index contributed by atoms with van der Waals surface area (Å²) in [5.41, 5.74) is 7.72. The lowest BCUT2D eigenvalue weighted by Gasteiger charge is -2.18. The third kappa shape index (κ3) is 4.71. The number of hydrogen-bond acceptors (Lipinski definition) is 3. The maximum atomic E-state index is 12.2. The van der Waals surface area contributed by atoms with Crippen LogP contribution in [0.1, 0.15) is 50.6 Å². The molecule has 3 unspecified atom stereocenters. The third-order valence-corrected chi connectivity index (χ3v) is 4.83. The molecule has 2 aliphatic carbocycles. The minimum atomic E-state index is -0.0486. The first-order valence-corrected chi connectivity index (χ1v) is 8.49. The van der Waals surface area contributed by atoms with Crippen LogP contribution in [0.25, 0.3) is 0 Å². The summed E-state index contributed by atoms with van der Waals surface area (Å²) in [7, 11) is 0. The summed E-state index contributed by atoms with van der Waals surface area (Å²) in [5.74, 6) is 0.448. The number of carbonyl (C=O) groups is 2. The molecule has 0 saturated heterocycles. The van der Waals surface area contributed by atoms with Crippen LogP contribution in [0.4, 0.5) is 5.69 Å². The average Bonchev–Trinajstić information content (AvgIpc) is 3.29. The molecule has 0 aliphatic heterocycles. The van der Waals surface area contributed by atoms with Crippen LogP contribution in [0.15, 0.2) is 24.3 Å². The maximum absolute atomic E-state index is 12.2. The summed E-state index contributed by atoms with van der Waals surface area (Å²) in [6.07, 6.45) is 4.59. The molecule has 1 aromatic rings. The molecule has 0 radical (unpaired) electrons. The van der Waals surface area contributed by atoms with Gasteiger partial charge in [-0.3, -0.25) is 9.59 Å². The number of nitrogens with two attached hydrogens (primary N) is 1. The molecular formula is C18H26ClN3O2. The molecule has 3 atom stereocenters. The second kappa shape index (κ2) is 7.99. The molecule has 0 bridgehead atoms. The van der Waals surface area contributed by atoms with Crippen LogP contribution in [0.3, 0.4) is 0 Å². The fraction of sp³-hybridized carbons (Fsp3) is 0.556. The Morgan fingerprint density at radius 3 is 2.21 bits per heavy atom. The van der Waals surface area contributed by atoms with Gasteiger partial charge in [0.1, 0.15) is 0 Å². The average molecular weight is 352 g/mol. The standard InChI is InChI=1S/C18H25N3O2.ClH/c1-11(20-18(23)14-4-7-15(19)10-14)12-5-8-16(9-6-12)21-17(22)13-2-3-13;/h5-6,8-9,11,13-15H,2-4,7,10,19H2,1H3,(H,20,23)(H,21,22);1H. The highest BCUT2D eigenvalue weighted by Gasteiger charge is 2.30. The number of benzene rings is 1. The Morgan fingerprint density at radius 1 is 1.04 bits per heavy atom. The first-order chi connectivity index (χ1) is 11.0. The van der Waals surface area contributed by atoms with Crippen LogP contribution < -0.4 is 16.4 Å². The summed E-state index contributed by atoms with van der Waals surface area (Å²) in [5, 5.41) is 5.99. The van der Waals surface area contributed by atoms with E-state index >= 15 is 0 Å². The lowest BCUT2D eigenvalue weighted by atomic mass is 10.0. The van der Waals surface area contributed by atoms with Crippen molar-refractivity contribution in [3.8, 4) is 0 Å². The molecule has 2 fully saturated rings. The van der Waals surface area contributed by atoms with E-state index in [9.17, 15) is 9.59 Å². The van der Waals surface area contributed by atoms with Gasteiger partial charge in [-0.25, -0.2) is 0 Å². The van der Waals surface area contributed by atoms with E-state index in [2.05, 4.69) is 10.6 Å². The Bertz CT molecular complexity index is 586. The van der Waals surface area contributed by atoms with Crippen molar-refractivity contribution in [3.05, 3.63) is 29.8 Å². The maximum Gasteiger partial charge on any atom is 0.227 e. The van der Waals surface area contributed by atoms with Gasteiger partial charge in [0.15, 0.2) is 0 Å². The zero-order valence-corrected chi connectivity index (χ0v) is 14.8. The summed E-state index contributed by atoms with van der Waals surface area (Å²) in [6.45, 7) is 1.98. The number of nitrogens with one attached hydrogen (secondary N) is 2. The van der Waals surface area contributed by atoms with Crippen LogP contribution in [0.2, 0.25) is 0 Å². The van der Waals surface area contributed by atoms with Crippen molar-refractivity contribution in [1.82, 2.24) is 5.32 Å². The summed E-state index contributed by atoms with van der Waals surface area (Å²) >= 11 is 0. The van der Waals surface area contributed by atoms with Crippen molar-refractivity contribution >= 4 is 29.9 Å². The predicted octanol–water partition coefficient (Wildman–Crippen LogP) is 2.76. The van der Waals surface area contributed by atoms with Crippen molar-refractivity contribution < 1.29 is 9.59 Å². The van der Waals surface area contributed by atoms with Gasteiger partial charge in [0, 0.05) is 23.6 Å². The molecule has 132 valence electrons. The number of anilines is 1. The minimum Gasteiger partial charge on any atom is -0.349 e. The molecule has 3 rings (SSSR count). The summed E-state index contributed by atoms with van der Waals surface area (Å²) in [4.78, 5) is 24.0. The molecule has 1 aromatic carbocycles. The van der Waals surface area contributed by atoms with Crippen molar-refractivity contribution in [3.63, 3.8) is 0 Å². The molecule has 4 N–H and O–H groups in total. The van der Waals surface area contributed by atoms with Crippen LogP contribution in [-0.4, -0.2) is 17.9 Å². The zero-order valence-electron chi connectivity index (χ0n) is 14.0. The number of amides is 2. The predicted molar refractivity (Wildman–Crippen MR) is 96.9 cm³/mol. The van der Waals surface area contributed by atoms with Gasteiger partial charge < -0.3 is 16.4 Å². The molecule has 2 saturated carbocycles. The Hall–Kier alpha value is -1.59. The summed E-state index contributed by atoms with van der Waals surface area (Å²) in [6, 6.07) is 7.80. The smallest absolute Gasteiger partial charge is 0.227 e. The Kier molecular flexibility index (Phi) is 6.24. The zero-order chi connectivity index (χ0) is 16.4. The molecule has 2 aliphatic rings. The lowest BCUT2D eigenvalue weighted by molar-refractivity contribution is -0.125. The highest BCUT2D eigenvalue weighted by Crippen LogP contribution is 2.30. The molecule has 0 aromatic heterocycles. The van der Waals surface area contributed by atoms with E-state index in [-0.39, 0.29) is 48.1 Å². The molecule has 0 spiro atoms. The van der Waals surface area contributed by atoms with E-state index in [0.29, 0.717) is 0 Å². The van der Waals surface area contributed by atoms with Crippen molar-refractivity contribution in [2.24, 2.45) is 17.6 Å². The molecule has 6 heteroatoms. The van der Waals surface area contributed by atoms with E-state index in [1.807, 2.05) is 31.2 Å². The fourth-order valence-electron chi connectivity index (χ4n) is 3.11. The van der Waals surface area contributed by atoms with Crippen molar-refractivity contribution in [1.29, 1.82) is 0 Å². The van der Waals surface area contributed by atoms with Gasteiger partial charge in [0.2, 0.25) is 11.8 Å². The van der Waals surface area contributed by atoms with Crippen LogP contribution in [0.5, 0.6) is 0 Å². The van der Waals surface area contributed by atoms with Gasteiger partial charge >= 0.3 is 0 Å². The second-order valence-electron chi connectivity index (χ2n) is 6.89. The van der Waals surface area contributed by atoms with Gasteiger partial charge in [0.05, 0.1) is 6.04 Å². The SMILES string of the molecule is CC(NC(=O)C1CCC(N)C1)c1ccc(NC(=O)C2CC2)cc1.Cl.